The summed E-state index contributed by atoms with van der Waals surface area (Å²) in [5.74, 6) is -0.0355. The third-order valence-electron chi connectivity index (χ3n) is 5.96. The monoisotopic (exact) mass is 414 g/mol. The van der Waals surface area contributed by atoms with E-state index < -0.39 is 10.0 Å². The summed E-state index contributed by atoms with van der Waals surface area (Å²) in [6.45, 7) is 7.27. The molecule has 29 heavy (non-hydrogen) atoms. The highest BCUT2D eigenvalue weighted by Gasteiger charge is 2.33. The van der Waals surface area contributed by atoms with Crippen LogP contribution in [0, 0.1) is 26.7 Å². The molecule has 0 bridgehead atoms. The molecule has 6 heteroatoms. The van der Waals surface area contributed by atoms with E-state index >= 15 is 0 Å². The first-order valence-electron chi connectivity index (χ1n) is 10.1. The maximum Gasteiger partial charge on any atom is 0.243 e. The van der Waals surface area contributed by atoms with Gasteiger partial charge in [-0.15, -0.1) is 0 Å². The second-order valence-corrected chi connectivity index (χ2v) is 9.98. The number of hydrogen-bond acceptors (Lipinski definition) is 3. The molecule has 0 saturated carbocycles. The normalized spacial score (nSPS) is 16.0. The predicted octanol–water partition coefficient (Wildman–Crippen LogP) is 3.67. The molecule has 156 valence electrons. The average molecular weight is 415 g/mol. The molecule has 0 spiro atoms. The SMILES string of the molecule is Cc1ccc(S(=O)(=O)N2CCC(C(=O)N(C)Cc3ccccc3C)CC2)cc1C. The van der Waals surface area contributed by atoms with Gasteiger partial charge in [0.1, 0.15) is 0 Å². The Morgan fingerprint density at radius 3 is 2.28 bits per heavy atom. The Kier molecular flexibility index (Phi) is 6.44. The summed E-state index contributed by atoms with van der Waals surface area (Å²) in [7, 11) is -1.69. The molecule has 2 aromatic rings. The summed E-state index contributed by atoms with van der Waals surface area (Å²) >= 11 is 0. The molecule has 1 amide bonds. The fraction of sp³-hybridized carbons (Fsp3) is 0.435. The molecule has 1 heterocycles. The van der Waals surface area contributed by atoms with Crippen molar-refractivity contribution >= 4 is 15.9 Å². The number of amides is 1. The summed E-state index contributed by atoms with van der Waals surface area (Å²) in [4.78, 5) is 15.0. The number of aryl methyl sites for hydroxylation is 3. The van der Waals surface area contributed by atoms with Gasteiger partial charge in [0, 0.05) is 32.6 Å². The van der Waals surface area contributed by atoms with Crippen molar-refractivity contribution in [1.29, 1.82) is 0 Å². The Balaban J connectivity index is 1.62. The fourth-order valence-electron chi connectivity index (χ4n) is 3.80. The molecular weight excluding hydrogens is 384 g/mol. The Labute approximate surface area is 174 Å². The minimum atomic E-state index is -3.52. The van der Waals surface area contributed by atoms with Crippen molar-refractivity contribution < 1.29 is 13.2 Å². The van der Waals surface area contributed by atoms with Crippen LogP contribution in [0.3, 0.4) is 0 Å². The smallest absolute Gasteiger partial charge is 0.243 e. The molecule has 1 saturated heterocycles. The van der Waals surface area contributed by atoms with E-state index in [-0.39, 0.29) is 11.8 Å². The maximum atomic E-state index is 13.0. The largest absolute Gasteiger partial charge is 0.341 e. The average Bonchev–Trinajstić information content (AvgIpc) is 2.71. The third-order valence-corrected chi connectivity index (χ3v) is 7.86. The van der Waals surface area contributed by atoms with Gasteiger partial charge in [-0.2, -0.15) is 4.31 Å². The number of hydrogen-bond donors (Lipinski definition) is 0. The number of carbonyl (C=O) groups is 1. The van der Waals surface area contributed by atoms with Crippen LogP contribution in [0.5, 0.6) is 0 Å². The quantitative estimate of drug-likeness (QED) is 0.750. The van der Waals surface area contributed by atoms with E-state index in [9.17, 15) is 13.2 Å². The van der Waals surface area contributed by atoms with Gasteiger partial charge in [0.05, 0.1) is 4.90 Å². The van der Waals surface area contributed by atoms with E-state index in [0.29, 0.717) is 37.4 Å². The van der Waals surface area contributed by atoms with E-state index in [4.69, 9.17) is 0 Å². The van der Waals surface area contributed by atoms with Gasteiger partial charge in [0.25, 0.3) is 0 Å². The molecular formula is C23H30N2O3S. The van der Waals surface area contributed by atoms with Crippen LogP contribution in [0.2, 0.25) is 0 Å². The van der Waals surface area contributed by atoms with Gasteiger partial charge >= 0.3 is 0 Å². The molecule has 0 aromatic heterocycles. The Morgan fingerprint density at radius 2 is 1.66 bits per heavy atom. The summed E-state index contributed by atoms with van der Waals surface area (Å²) in [6.07, 6.45) is 1.11. The second kappa shape index (κ2) is 8.67. The van der Waals surface area contributed by atoms with E-state index in [1.54, 1.807) is 17.0 Å². The lowest BCUT2D eigenvalue weighted by Crippen LogP contribution is -2.43. The summed E-state index contributed by atoms with van der Waals surface area (Å²) in [5.41, 5.74) is 4.35. The van der Waals surface area contributed by atoms with Gasteiger partial charge in [0.15, 0.2) is 0 Å². The number of piperidine rings is 1. The molecule has 1 fully saturated rings. The highest BCUT2D eigenvalue weighted by atomic mass is 32.2. The minimum Gasteiger partial charge on any atom is -0.341 e. The van der Waals surface area contributed by atoms with Crippen LogP contribution >= 0.6 is 0 Å². The van der Waals surface area contributed by atoms with Crippen molar-refractivity contribution in [2.45, 2.75) is 45.1 Å². The zero-order chi connectivity index (χ0) is 21.2. The Hall–Kier alpha value is -2.18. The van der Waals surface area contributed by atoms with Gasteiger partial charge in [-0.3, -0.25) is 4.79 Å². The van der Waals surface area contributed by atoms with E-state index in [1.165, 1.54) is 9.87 Å². The summed E-state index contributed by atoms with van der Waals surface area (Å²) in [6, 6.07) is 13.3. The zero-order valence-electron chi connectivity index (χ0n) is 17.7. The summed E-state index contributed by atoms with van der Waals surface area (Å²) < 4.78 is 27.5. The molecule has 0 N–H and O–H groups in total. The lowest BCUT2D eigenvalue weighted by molar-refractivity contribution is -0.135. The first-order chi connectivity index (χ1) is 13.7. The van der Waals surface area contributed by atoms with Crippen LogP contribution in [0.4, 0.5) is 0 Å². The van der Waals surface area contributed by atoms with E-state index in [1.807, 2.05) is 58.2 Å². The van der Waals surface area contributed by atoms with Gasteiger partial charge in [-0.1, -0.05) is 30.3 Å². The van der Waals surface area contributed by atoms with Crippen LogP contribution in [0.1, 0.15) is 35.1 Å². The van der Waals surface area contributed by atoms with Gasteiger partial charge in [-0.25, -0.2) is 8.42 Å². The second-order valence-electron chi connectivity index (χ2n) is 8.05. The van der Waals surface area contributed by atoms with Crippen molar-refractivity contribution in [3.05, 3.63) is 64.7 Å². The molecule has 5 nitrogen and oxygen atoms in total. The fourth-order valence-corrected chi connectivity index (χ4v) is 5.35. The number of sulfonamides is 1. The topological polar surface area (TPSA) is 57.7 Å². The third kappa shape index (κ3) is 4.70. The lowest BCUT2D eigenvalue weighted by atomic mass is 9.96. The lowest BCUT2D eigenvalue weighted by Gasteiger charge is -2.32. The highest BCUT2D eigenvalue weighted by Crippen LogP contribution is 2.26. The number of benzene rings is 2. The van der Waals surface area contributed by atoms with Gasteiger partial charge < -0.3 is 4.90 Å². The molecule has 1 aliphatic heterocycles. The van der Waals surface area contributed by atoms with Crippen molar-refractivity contribution in [3.8, 4) is 0 Å². The van der Waals surface area contributed by atoms with Crippen LogP contribution in [-0.4, -0.2) is 43.7 Å². The molecule has 0 unspecified atom stereocenters. The van der Waals surface area contributed by atoms with E-state index in [0.717, 1.165) is 16.7 Å². The zero-order valence-corrected chi connectivity index (χ0v) is 18.5. The minimum absolute atomic E-state index is 0.0940. The number of carbonyl (C=O) groups excluding carboxylic acids is 1. The van der Waals surface area contributed by atoms with Crippen LogP contribution in [0.25, 0.3) is 0 Å². The van der Waals surface area contributed by atoms with Crippen molar-refractivity contribution in [2.75, 3.05) is 20.1 Å². The molecule has 0 radical (unpaired) electrons. The van der Waals surface area contributed by atoms with Crippen LogP contribution in [-0.2, 0) is 21.4 Å². The van der Waals surface area contributed by atoms with Crippen LogP contribution < -0.4 is 0 Å². The highest BCUT2D eigenvalue weighted by molar-refractivity contribution is 7.89. The Bertz CT molecular complexity index is 993. The van der Waals surface area contributed by atoms with Gasteiger partial charge in [-0.05, 0) is 68.0 Å². The van der Waals surface area contributed by atoms with E-state index in [2.05, 4.69) is 0 Å². The van der Waals surface area contributed by atoms with Gasteiger partial charge in [0.2, 0.25) is 15.9 Å². The molecule has 1 aliphatic rings. The number of nitrogens with zero attached hydrogens (tertiary/aromatic N) is 2. The summed E-state index contributed by atoms with van der Waals surface area (Å²) in [5, 5.41) is 0. The maximum absolute atomic E-state index is 13.0. The van der Waals surface area contributed by atoms with Crippen LogP contribution in [0.15, 0.2) is 47.4 Å². The molecule has 0 atom stereocenters. The standard InChI is InChI=1S/C23H30N2O3S/c1-17-9-10-22(15-19(17)3)29(27,28)25-13-11-20(12-14-25)23(26)24(4)16-21-8-6-5-7-18(21)2/h5-10,15,20H,11-14,16H2,1-4H3. The molecule has 0 aliphatic carbocycles. The first kappa shape index (κ1) is 21.5. The predicted molar refractivity (Wildman–Crippen MR) is 115 cm³/mol. The molecule has 2 aromatic carbocycles. The Morgan fingerprint density at radius 1 is 1.00 bits per heavy atom. The molecule has 3 rings (SSSR count). The number of rotatable bonds is 5. The van der Waals surface area contributed by atoms with Crippen molar-refractivity contribution in [1.82, 2.24) is 9.21 Å². The first-order valence-corrected chi connectivity index (χ1v) is 11.5. The van der Waals surface area contributed by atoms with Crippen molar-refractivity contribution in [2.24, 2.45) is 5.92 Å². The van der Waals surface area contributed by atoms with Crippen molar-refractivity contribution in [3.63, 3.8) is 0 Å².